The highest BCUT2D eigenvalue weighted by Gasteiger charge is 2.33. The Bertz CT molecular complexity index is 1070. The van der Waals surface area contributed by atoms with Gasteiger partial charge in [0.25, 0.3) is 5.56 Å². The van der Waals surface area contributed by atoms with Crippen molar-refractivity contribution in [3.05, 3.63) is 75.8 Å². The maximum absolute atomic E-state index is 12.9. The Balaban J connectivity index is 1.55. The molecule has 1 amide bonds. The molecule has 1 aromatic heterocycles. The lowest BCUT2D eigenvalue weighted by atomic mass is 9.99. The van der Waals surface area contributed by atoms with Gasteiger partial charge in [-0.3, -0.25) is 14.5 Å². The van der Waals surface area contributed by atoms with Gasteiger partial charge >= 0.3 is 6.09 Å². The van der Waals surface area contributed by atoms with E-state index in [4.69, 9.17) is 4.74 Å². The minimum absolute atomic E-state index is 0.0491. The highest BCUT2D eigenvalue weighted by molar-refractivity contribution is 6.10. The van der Waals surface area contributed by atoms with Gasteiger partial charge in [0.05, 0.1) is 13.1 Å². The molecule has 0 spiro atoms. The number of pyridine rings is 1. The normalized spacial score (nSPS) is 20.1. The second kappa shape index (κ2) is 8.18. The van der Waals surface area contributed by atoms with Gasteiger partial charge in [0.15, 0.2) is 5.78 Å². The zero-order valence-electron chi connectivity index (χ0n) is 17.2. The molecule has 7 nitrogen and oxygen atoms in total. The molecule has 2 aromatic rings. The van der Waals surface area contributed by atoms with Gasteiger partial charge in [-0.15, -0.1) is 0 Å². The number of ether oxygens (including phenoxy) is 1. The van der Waals surface area contributed by atoms with Crippen molar-refractivity contribution in [3.8, 4) is 0 Å². The maximum Gasteiger partial charge on any atom is 0.414 e. The summed E-state index contributed by atoms with van der Waals surface area (Å²) in [6.07, 6.45) is 5.13. The number of carbonyl (C=O) groups excluding carboxylic acids is 2. The molecule has 2 aliphatic rings. The lowest BCUT2D eigenvalue weighted by Crippen LogP contribution is -2.29. The van der Waals surface area contributed by atoms with Crippen molar-refractivity contribution in [3.63, 3.8) is 0 Å². The van der Waals surface area contributed by atoms with Crippen LogP contribution in [0.1, 0.15) is 28.8 Å². The fourth-order valence-electron chi connectivity index (χ4n) is 4.03. The molecule has 2 heterocycles. The van der Waals surface area contributed by atoms with E-state index in [2.05, 4.69) is 0 Å². The van der Waals surface area contributed by atoms with Gasteiger partial charge in [-0.25, -0.2) is 4.79 Å². The third-order valence-electron chi connectivity index (χ3n) is 5.42. The van der Waals surface area contributed by atoms with Crippen LogP contribution >= 0.6 is 0 Å². The highest BCUT2D eigenvalue weighted by Crippen LogP contribution is 2.30. The van der Waals surface area contributed by atoms with E-state index in [9.17, 15) is 14.4 Å². The van der Waals surface area contributed by atoms with Crippen LogP contribution in [0.15, 0.2) is 59.2 Å². The van der Waals surface area contributed by atoms with E-state index in [1.165, 1.54) is 10.6 Å². The van der Waals surface area contributed by atoms with Crippen LogP contribution in [0.25, 0.3) is 0 Å². The second-order valence-electron chi connectivity index (χ2n) is 7.95. The zero-order chi connectivity index (χ0) is 21.3. The predicted octanol–water partition coefficient (Wildman–Crippen LogP) is 2.84. The summed E-state index contributed by atoms with van der Waals surface area (Å²) in [5, 5.41) is 0. The van der Waals surface area contributed by atoms with Gasteiger partial charge in [-0.1, -0.05) is 6.07 Å². The Hall–Kier alpha value is -3.35. The summed E-state index contributed by atoms with van der Waals surface area (Å²) in [5.74, 6) is 0.0491. The summed E-state index contributed by atoms with van der Waals surface area (Å²) >= 11 is 0. The van der Waals surface area contributed by atoms with E-state index >= 15 is 0 Å². The van der Waals surface area contributed by atoms with E-state index in [1.807, 2.05) is 37.3 Å². The highest BCUT2D eigenvalue weighted by atomic mass is 16.6. The first-order valence-corrected chi connectivity index (χ1v) is 10.1. The molecule has 1 aliphatic heterocycles. The Kier molecular flexibility index (Phi) is 5.44. The number of Topliss-reactive ketones (excluding diaryl/α,β-unsaturated/α-hetero) is 1. The van der Waals surface area contributed by atoms with Crippen LogP contribution in [0.4, 0.5) is 10.5 Å². The van der Waals surface area contributed by atoms with Crippen molar-refractivity contribution in [2.24, 2.45) is 0 Å². The fraction of sp³-hybridized carbons (Fsp3) is 0.348. The Morgan fingerprint density at radius 3 is 2.73 bits per heavy atom. The number of ketones is 1. The van der Waals surface area contributed by atoms with E-state index in [1.54, 1.807) is 29.3 Å². The molecule has 0 radical (unpaired) electrons. The molecule has 1 unspecified atom stereocenters. The molecule has 0 N–H and O–H groups in total. The van der Waals surface area contributed by atoms with Gasteiger partial charge in [0, 0.05) is 49.4 Å². The third kappa shape index (κ3) is 4.01. The summed E-state index contributed by atoms with van der Waals surface area (Å²) in [4.78, 5) is 40.8. The SMILES string of the molecule is CN(C)C=C1CCCc2cc(N3CC(Cn4ccccc4=O)OC3=O)ccc2C1=O. The Morgan fingerprint density at radius 2 is 1.97 bits per heavy atom. The number of hydrogen-bond acceptors (Lipinski definition) is 5. The van der Waals surface area contributed by atoms with E-state index in [0.29, 0.717) is 18.7 Å². The molecule has 1 saturated heterocycles. The van der Waals surface area contributed by atoms with E-state index in [0.717, 1.165) is 36.1 Å². The van der Waals surface area contributed by atoms with Gasteiger partial charge in [0.2, 0.25) is 0 Å². The minimum atomic E-state index is -0.433. The van der Waals surface area contributed by atoms with Crippen LogP contribution in [0, 0.1) is 0 Å². The number of aromatic nitrogens is 1. The van der Waals surface area contributed by atoms with Crippen molar-refractivity contribution in [2.45, 2.75) is 31.9 Å². The maximum atomic E-state index is 12.9. The van der Waals surface area contributed by atoms with Crippen LogP contribution in [-0.4, -0.2) is 48.1 Å². The summed E-state index contributed by atoms with van der Waals surface area (Å²) in [6, 6.07) is 10.5. The second-order valence-corrected chi connectivity index (χ2v) is 7.95. The minimum Gasteiger partial charge on any atom is -0.442 e. The standard InChI is InChI=1S/C23H25N3O4/c1-24(2)13-17-7-5-6-16-12-18(9-10-20(16)22(17)28)26-15-19(30-23(26)29)14-25-11-4-3-8-21(25)27/h3-4,8-13,19H,5-7,14-15H2,1-2H3. The zero-order valence-corrected chi connectivity index (χ0v) is 17.2. The molecular weight excluding hydrogens is 382 g/mol. The summed E-state index contributed by atoms with van der Waals surface area (Å²) < 4.78 is 7.02. The summed E-state index contributed by atoms with van der Waals surface area (Å²) in [6.45, 7) is 0.669. The molecule has 1 aromatic carbocycles. The van der Waals surface area contributed by atoms with Gasteiger partial charge < -0.3 is 14.2 Å². The number of fused-ring (bicyclic) bond motifs is 1. The Morgan fingerprint density at radius 1 is 1.13 bits per heavy atom. The van der Waals surface area contributed by atoms with Crippen molar-refractivity contribution in [1.82, 2.24) is 9.47 Å². The third-order valence-corrected chi connectivity index (χ3v) is 5.42. The van der Waals surface area contributed by atoms with E-state index in [-0.39, 0.29) is 11.3 Å². The molecule has 7 heteroatoms. The summed E-state index contributed by atoms with van der Waals surface area (Å²) in [5.41, 5.74) is 3.05. The first-order valence-electron chi connectivity index (χ1n) is 10.1. The molecule has 1 fully saturated rings. The fourth-order valence-corrected chi connectivity index (χ4v) is 4.03. The number of carbonyl (C=O) groups is 2. The largest absolute Gasteiger partial charge is 0.442 e. The number of aryl methyl sites for hydroxylation is 1. The predicted molar refractivity (Wildman–Crippen MR) is 114 cm³/mol. The quantitative estimate of drug-likeness (QED) is 0.576. The first kappa shape index (κ1) is 19.9. The molecule has 30 heavy (non-hydrogen) atoms. The molecule has 156 valence electrons. The van der Waals surface area contributed by atoms with Crippen LogP contribution < -0.4 is 10.5 Å². The lowest BCUT2D eigenvalue weighted by molar-refractivity contribution is 0.103. The topological polar surface area (TPSA) is 71.8 Å². The first-order chi connectivity index (χ1) is 14.4. The smallest absolute Gasteiger partial charge is 0.414 e. The van der Waals surface area contributed by atoms with Gasteiger partial charge in [0.1, 0.15) is 6.10 Å². The molecule has 0 saturated carbocycles. The number of amides is 1. The molecular formula is C23H25N3O4. The van der Waals surface area contributed by atoms with Gasteiger partial charge in [-0.2, -0.15) is 0 Å². The molecule has 0 bridgehead atoms. The molecule has 1 aliphatic carbocycles. The number of allylic oxidation sites excluding steroid dienone is 1. The van der Waals surface area contributed by atoms with Crippen LogP contribution in [-0.2, 0) is 17.7 Å². The summed E-state index contributed by atoms with van der Waals surface area (Å²) in [7, 11) is 3.82. The van der Waals surface area contributed by atoms with Crippen molar-refractivity contribution < 1.29 is 14.3 Å². The van der Waals surface area contributed by atoms with Crippen molar-refractivity contribution in [1.29, 1.82) is 0 Å². The monoisotopic (exact) mass is 407 g/mol. The average molecular weight is 407 g/mol. The average Bonchev–Trinajstić information content (AvgIpc) is 3.00. The number of anilines is 1. The molecule has 4 rings (SSSR count). The van der Waals surface area contributed by atoms with Gasteiger partial charge in [-0.05, 0) is 49.1 Å². The van der Waals surface area contributed by atoms with Crippen LogP contribution in [0.3, 0.4) is 0 Å². The van der Waals surface area contributed by atoms with Crippen LogP contribution in [0.5, 0.6) is 0 Å². The van der Waals surface area contributed by atoms with Crippen LogP contribution in [0.2, 0.25) is 0 Å². The number of nitrogens with zero attached hydrogens (tertiary/aromatic N) is 3. The lowest BCUT2D eigenvalue weighted by Gasteiger charge is -2.16. The Labute approximate surface area is 175 Å². The number of cyclic esters (lactones) is 1. The number of rotatable bonds is 4. The number of benzene rings is 1. The van der Waals surface area contributed by atoms with Crippen molar-refractivity contribution in [2.75, 3.05) is 25.5 Å². The molecule has 1 atom stereocenters. The van der Waals surface area contributed by atoms with Crippen molar-refractivity contribution >= 4 is 17.6 Å². The number of hydrogen-bond donors (Lipinski definition) is 0. The van der Waals surface area contributed by atoms with E-state index < -0.39 is 12.2 Å².